The van der Waals surface area contributed by atoms with Gasteiger partial charge in [0.15, 0.2) is 6.61 Å². The normalized spacial score (nSPS) is 16.7. The van der Waals surface area contributed by atoms with Gasteiger partial charge in [-0.3, -0.25) is 4.79 Å². The smallest absolute Gasteiger partial charge is 0.338 e. The predicted molar refractivity (Wildman–Crippen MR) is 119 cm³/mol. The maximum absolute atomic E-state index is 13.0. The van der Waals surface area contributed by atoms with Gasteiger partial charge in [-0.15, -0.1) is 0 Å². The van der Waals surface area contributed by atoms with E-state index in [0.717, 1.165) is 12.8 Å². The Balaban J connectivity index is 1.67. The second-order valence-corrected chi connectivity index (χ2v) is 9.88. The first-order valence-corrected chi connectivity index (χ1v) is 11.8. The van der Waals surface area contributed by atoms with Crippen LogP contribution in [0.5, 0.6) is 0 Å². The fourth-order valence-electron chi connectivity index (χ4n) is 3.37. The number of carbonyl (C=O) groups excluding carboxylic acids is 2. The van der Waals surface area contributed by atoms with E-state index < -0.39 is 28.5 Å². The standard InChI is InChI=1S/C22H22ClN3O5S/c1-15-3-2-10-26(13-15)32(29,30)20-11-17(6-9-19(20)23)22(28)31-14-21(27)25-18-7-4-16(12-24)5-8-18/h4-9,11,15H,2-3,10,13-14H2,1H3,(H,25,27). The first-order valence-electron chi connectivity index (χ1n) is 9.97. The number of piperidine rings is 1. The zero-order valence-electron chi connectivity index (χ0n) is 17.4. The Labute approximate surface area is 191 Å². The molecule has 0 aliphatic carbocycles. The highest BCUT2D eigenvalue weighted by Crippen LogP contribution is 2.29. The van der Waals surface area contributed by atoms with Crippen LogP contribution in [0.2, 0.25) is 5.02 Å². The SMILES string of the molecule is CC1CCCN(S(=O)(=O)c2cc(C(=O)OCC(=O)Nc3ccc(C#N)cc3)ccc2Cl)C1. The van der Waals surface area contributed by atoms with Crippen molar-refractivity contribution in [3.8, 4) is 6.07 Å². The summed E-state index contributed by atoms with van der Waals surface area (Å²) in [6, 6.07) is 12.0. The van der Waals surface area contributed by atoms with Gasteiger partial charge in [0.2, 0.25) is 10.0 Å². The Kier molecular flexibility index (Phi) is 7.51. The molecule has 1 aliphatic rings. The van der Waals surface area contributed by atoms with Gasteiger partial charge in [-0.1, -0.05) is 18.5 Å². The van der Waals surface area contributed by atoms with Crippen LogP contribution in [0.4, 0.5) is 5.69 Å². The quantitative estimate of drug-likeness (QED) is 0.640. The van der Waals surface area contributed by atoms with Crippen molar-refractivity contribution in [1.82, 2.24) is 4.31 Å². The summed E-state index contributed by atoms with van der Waals surface area (Å²) in [5.74, 6) is -1.19. The maximum atomic E-state index is 13.0. The van der Waals surface area contributed by atoms with Crippen molar-refractivity contribution in [3.05, 3.63) is 58.6 Å². The molecule has 1 N–H and O–H groups in total. The number of ether oxygens (including phenoxy) is 1. The lowest BCUT2D eigenvalue weighted by Crippen LogP contribution is -2.39. The van der Waals surface area contributed by atoms with Gasteiger partial charge in [0.1, 0.15) is 4.90 Å². The summed E-state index contributed by atoms with van der Waals surface area (Å²) in [6.07, 6.45) is 1.71. The third-order valence-electron chi connectivity index (χ3n) is 5.04. The average molecular weight is 476 g/mol. The van der Waals surface area contributed by atoms with Gasteiger partial charge in [-0.25, -0.2) is 13.2 Å². The molecule has 0 radical (unpaired) electrons. The lowest BCUT2D eigenvalue weighted by Gasteiger charge is -2.30. The van der Waals surface area contributed by atoms with Crippen LogP contribution in [0.25, 0.3) is 0 Å². The molecule has 10 heteroatoms. The number of rotatable bonds is 6. The summed E-state index contributed by atoms with van der Waals surface area (Å²) in [4.78, 5) is 24.3. The Morgan fingerprint density at radius 3 is 2.62 bits per heavy atom. The number of nitrogens with zero attached hydrogens (tertiary/aromatic N) is 2. The van der Waals surface area contributed by atoms with Gasteiger partial charge in [0, 0.05) is 18.8 Å². The van der Waals surface area contributed by atoms with Crippen LogP contribution in [0.1, 0.15) is 35.7 Å². The summed E-state index contributed by atoms with van der Waals surface area (Å²) in [5.41, 5.74) is 0.867. The molecule has 1 amide bonds. The van der Waals surface area contributed by atoms with Gasteiger partial charge >= 0.3 is 5.97 Å². The molecule has 1 atom stereocenters. The molecule has 8 nitrogen and oxygen atoms in total. The molecule has 0 aromatic heterocycles. The largest absolute Gasteiger partial charge is 0.452 e. The summed E-state index contributed by atoms with van der Waals surface area (Å²) in [6.45, 7) is 2.21. The molecule has 1 heterocycles. The van der Waals surface area contributed by atoms with Crippen LogP contribution in [0.3, 0.4) is 0 Å². The molecule has 0 spiro atoms. The Hall–Kier alpha value is -2.93. The fourth-order valence-corrected chi connectivity index (χ4v) is 5.47. The summed E-state index contributed by atoms with van der Waals surface area (Å²) >= 11 is 6.14. The molecule has 0 saturated carbocycles. The number of nitrogens with one attached hydrogen (secondary N) is 1. The van der Waals surface area contributed by atoms with Crippen molar-refractivity contribution in [3.63, 3.8) is 0 Å². The van der Waals surface area contributed by atoms with Gasteiger partial charge in [-0.2, -0.15) is 9.57 Å². The van der Waals surface area contributed by atoms with Crippen molar-refractivity contribution in [2.24, 2.45) is 5.92 Å². The molecular weight excluding hydrogens is 454 g/mol. The number of nitriles is 1. The van der Waals surface area contributed by atoms with E-state index in [-0.39, 0.29) is 21.4 Å². The number of anilines is 1. The highest BCUT2D eigenvalue weighted by molar-refractivity contribution is 7.89. The predicted octanol–water partition coefficient (Wildman–Crippen LogP) is 3.43. The minimum atomic E-state index is -3.87. The molecule has 3 rings (SSSR count). The first-order chi connectivity index (χ1) is 15.2. The summed E-state index contributed by atoms with van der Waals surface area (Å²) in [7, 11) is -3.87. The van der Waals surface area contributed by atoms with Gasteiger partial charge in [0.05, 0.1) is 22.2 Å². The fraction of sp³-hybridized carbons (Fsp3) is 0.318. The minimum absolute atomic E-state index is 0.0123. The Morgan fingerprint density at radius 1 is 1.25 bits per heavy atom. The molecule has 1 saturated heterocycles. The zero-order valence-corrected chi connectivity index (χ0v) is 18.9. The topological polar surface area (TPSA) is 117 Å². The van der Waals surface area contributed by atoms with Crippen LogP contribution >= 0.6 is 11.6 Å². The van der Waals surface area contributed by atoms with E-state index in [4.69, 9.17) is 21.6 Å². The van der Waals surface area contributed by atoms with Crippen molar-refractivity contribution < 1.29 is 22.7 Å². The van der Waals surface area contributed by atoms with E-state index >= 15 is 0 Å². The third-order valence-corrected chi connectivity index (χ3v) is 7.38. The second kappa shape index (κ2) is 10.1. The molecule has 1 aliphatic heterocycles. The number of carbonyl (C=O) groups is 2. The van der Waals surface area contributed by atoms with Crippen LogP contribution in [-0.2, 0) is 19.6 Å². The highest BCUT2D eigenvalue weighted by atomic mass is 35.5. The molecule has 168 valence electrons. The molecule has 32 heavy (non-hydrogen) atoms. The zero-order chi connectivity index (χ0) is 23.3. The third kappa shape index (κ3) is 5.65. The second-order valence-electron chi connectivity index (χ2n) is 7.57. The van der Waals surface area contributed by atoms with E-state index in [1.54, 1.807) is 24.3 Å². The van der Waals surface area contributed by atoms with Crippen molar-refractivity contribution in [2.45, 2.75) is 24.7 Å². The number of hydrogen-bond donors (Lipinski definition) is 1. The maximum Gasteiger partial charge on any atom is 0.338 e. The van der Waals surface area contributed by atoms with Crippen LogP contribution in [0.15, 0.2) is 47.4 Å². The minimum Gasteiger partial charge on any atom is -0.452 e. The number of esters is 1. The lowest BCUT2D eigenvalue weighted by atomic mass is 10.0. The molecule has 0 bridgehead atoms. The average Bonchev–Trinajstić information content (AvgIpc) is 2.78. The highest BCUT2D eigenvalue weighted by Gasteiger charge is 2.31. The van der Waals surface area contributed by atoms with E-state index in [0.29, 0.717) is 24.3 Å². The molecule has 2 aromatic rings. The van der Waals surface area contributed by atoms with Crippen LogP contribution in [0, 0.1) is 17.2 Å². The number of amides is 1. The van der Waals surface area contributed by atoms with Gasteiger partial charge in [0.25, 0.3) is 5.91 Å². The van der Waals surface area contributed by atoms with E-state index in [2.05, 4.69) is 5.32 Å². The molecule has 1 fully saturated rings. The monoisotopic (exact) mass is 475 g/mol. The van der Waals surface area contributed by atoms with Crippen molar-refractivity contribution in [1.29, 1.82) is 5.26 Å². The van der Waals surface area contributed by atoms with E-state index in [1.807, 2.05) is 13.0 Å². The summed E-state index contributed by atoms with van der Waals surface area (Å²) in [5, 5.41) is 11.3. The van der Waals surface area contributed by atoms with Gasteiger partial charge in [-0.05, 0) is 61.2 Å². The van der Waals surface area contributed by atoms with E-state index in [1.165, 1.54) is 22.5 Å². The Bertz CT molecular complexity index is 1160. The molecule has 1 unspecified atom stereocenters. The van der Waals surface area contributed by atoms with Crippen LogP contribution in [-0.4, -0.2) is 44.3 Å². The lowest BCUT2D eigenvalue weighted by molar-refractivity contribution is -0.119. The van der Waals surface area contributed by atoms with Crippen LogP contribution < -0.4 is 5.32 Å². The van der Waals surface area contributed by atoms with Crippen molar-refractivity contribution >= 4 is 39.2 Å². The van der Waals surface area contributed by atoms with Gasteiger partial charge < -0.3 is 10.1 Å². The number of sulfonamides is 1. The number of benzene rings is 2. The van der Waals surface area contributed by atoms with Crippen molar-refractivity contribution in [2.75, 3.05) is 25.0 Å². The first kappa shape index (κ1) is 23.7. The van der Waals surface area contributed by atoms with E-state index in [9.17, 15) is 18.0 Å². The number of halogens is 1. The summed E-state index contributed by atoms with van der Waals surface area (Å²) < 4.78 is 32.5. The molecule has 2 aromatic carbocycles. The Morgan fingerprint density at radius 2 is 1.97 bits per heavy atom. The number of hydrogen-bond acceptors (Lipinski definition) is 6. The molecular formula is C22H22ClN3O5S.